The van der Waals surface area contributed by atoms with Crippen molar-refractivity contribution in [2.45, 2.75) is 0 Å². The van der Waals surface area contributed by atoms with E-state index >= 15 is 0 Å². The first kappa shape index (κ1) is 13.9. The number of nitriles is 2. The summed E-state index contributed by atoms with van der Waals surface area (Å²) in [6.07, 6.45) is 0. The molecule has 3 heteroatoms. The number of pyridine rings is 1. The molecule has 1 heterocycles. The van der Waals surface area contributed by atoms with Gasteiger partial charge in [-0.3, -0.25) is 0 Å². The molecule has 0 spiro atoms. The lowest BCUT2D eigenvalue weighted by Gasteiger charge is -2.09. The molecule has 3 aromatic carbocycles. The van der Waals surface area contributed by atoms with Crippen LogP contribution in [-0.4, -0.2) is 4.98 Å². The molecule has 0 aliphatic rings. The first-order valence-electron chi connectivity index (χ1n) is 7.53. The second kappa shape index (κ2) is 5.50. The standard InChI is InChI=1S/C21H11N3/c22-12-16-9-8-14(10-17(16)13-23)18-5-3-7-21-19(18)11-15-4-1-2-6-20(15)24-21/h1-11H. The Balaban J connectivity index is 2.02. The van der Waals surface area contributed by atoms with Crippen LogP contribution in [0.15, 0.2) is 66.7 Å². The number of hydrogen-bond donors (Lipinski definition) is 0. The zero-order valence-corrected chi connectivity index (χ0v) is 12.7. The zero-order chi connectivity index (χ0) is 16.5. The molecule has 0 N–H and O–H groups in total. The monoisotopic (exact) mass is 305 g/mol. The Hall–Kier alpha value is -3.69. The average Bonchev–Trinajstić information content (AvgIpc) is 2.65. The van der Waals surface area contributed by atoms with Gasteiger partial charge in [-0.15, -0.1) is 0 Å². The summed E-state index contributed by atoms with van der Waals surface area (Å²) >= 11 is 0. The SMILES string of the molecule is N#Cc1ccc(-c2cccc3nc4ccccc4cc23)cc1C#N. The third-order valence-electron chi connectivity index (χ3n) is 4.13. The number of hydrogen-bond acceptors (Lipinski definition) is 3. The molecule has 3 nitrogen and oxygen atoms in total. The van der Waals surface area contributed by atoms with E-state index in [4.69, 9.17) is 10.2 Å². The van der Waals surface area contributed by atoms with Gasteiger partial charge in [0.25, 0.3) is 0 Å². The van der Waals surface area contributed by atoms with Gasteiger partial charge in [-0.1, -0.05) is 36.4 Å². The second-order valence-corrected chi connectivity index (χ2v) is 5.54. The molecule has 4 aromatic rings. The van der Waals surface area contributed by atoms with Crippen molar-refractivity contribution in [3.63, 3.8) is 0 Å². The minimum absolute atomic E-state index is 0.390. The van der Waals surface area contributed by atoms with Gasteiger partial charge in [-0.2, -0.15) is 10.5 Å². The van der Waals surface area contributed by atoms with Crippen LogP contribution in [0.5, 0.6) is 0 Å². The van der Waals surface area contributed by atoms with Crippen molar-refractivity contribution in [3.8, 4) is 23.3 Å². The molecule has 0 radical (unpaired) electrons. The van der Waals surface area contributed by atoms with E-state index in [-0.39, 0.29) is 0 Å². The summed E-state index contributed by atoms with van der Waals surface area (Å²) in [5.74, 6) is 0. The van der Waals surface area contributed by atoms with Crippen molar-refractivity contribution >= 4 is 21.8 Å². The van der Waals surface area contributed by atoms with E-state index < -0.39 is 0 Å². The third-order valence-corrected chi connectivity index (χ3v) is 4.13. The van der Waals surface area contributed by atoms with Crippen molar-refractivity contribution in [3.05, 3.63) is 77.9 Å². The maximum atomic E-state index is 9.26. The minimum atomic E-state index is 0.390. The Bertz CT molecular complexity index is 1180. The highest BCUT2D eigenvalue weighted by Gasteiger charge is 2.09. The lowest BCUT2D eigenvalue weighted by atomic mass is 9.96. The van der Waals surface area contributed by atoms with Crippen LogP contribution in [0.2, 0.25) is 0 Å². The van der Waals surface area contributed by atoms with Crippen molar-refractivity contribution in [2.75, 3.05) is 0 Å². The predicted octanol–water partition coefficient (Wildman–Crippen LogP) is 4.80. The van der Waals surface area contributed by atoms with Gasteiger partial charge in [-0.05, 0) is 41.5 Å². The molecule has 110 valence electrons. The summed E-state index contributed by atoms with van der Waals surface area (Å²) in [6.45, 7) is 0. The second-order valence-electron chi connectivity index (χ2n) is 5.54. The molecule has 0 unspecified atom stereocenters. The van der Waals surface area contributed by atoms with Crippen LogP contribution in [0.3, 0.4) is 0 Å². The van der Waals surface area contributed by atoms with E-state index in [0.717, 1.165) is 32.9 Å². The maximum absolute atomic E-state index is 9.26. The zero-order valence-electron chi connectivity index (χ0n) is 12.7. The normalized spacial score (nSPS) is 10.4. The van der Waals surface area contributed by atoms with E-state index in [2.05, 4.69) is 18.2 Å². The number of nitrogens with zero attached hydrogens (tertiary/aromatic N) is 3. The van der Waals surface area contributed by atoms with E-state index in [1.165, 1.54) is 0 Å². The van der Waals surface area contributed by atoms with Crippen LogP contribution in [-0.2, 0) is 0 Å². The van der Waals surface area contributed by atoms with Gasteiger partial charge in [0.1, 0.15) is 12.1 Å². The predicted molar refractivity (Wildman–Crippen MR) is 94.1 cm³/mol. The molecule has 0 saturated heterocycles. The quantitative estimate of drug-likeness (QED) is 0.475. The van der Waals surface area contributed by atoms with Crippen LogP contribution in [0.4, 0.5) is 0 Å². The summed E-state index contributed by atoms with van der Waals surface area (Å²) < 4.78 is 0. The molecule has 1 aromatic heterocycles. The molecule has 0 atom stereocenters. The van der Waals surface area contributed by atoms with Crippen molar-refractivity contribution in [2.24, 2.45) is 0 Å². The maximum Gasteiger partial charge on any atom is 0.101 e. The van der Waals surface area contributed by atoms with E-state index in [9.17, 15) is 5.26 Å². The largest absolute Gasteiger partial charge is 0.248 e. The van der Waals surface area contributed by atoms with Crippen LogP contribution < -0.4 is 0 Å². The molecule has 0 amide bonds. The summed E-state index contributed by atoms with van der Waals surface area (Å²) in [5, 5.41) is 20.5. The first-order chi connectivity index (χ1) is 11.8. The Labute approximate surface area is 139 Å². The lowest BCUT2D eigenvalue weighted by molar-refractivity contribution is 1.43. The molecular weight excluding hydrogens is 294 g/mol. The molecule has 0 fully saturated rings. The van der Waals surface area contributed by atoms with Crippen LogP contribution in [0.25, 0.3) is 32.9 Å². The van der Waals surface area contributed by atoms with Crippen molar-refractivity contribution < 1.29 is 0 Å². The molecule has 4 rings (SSSR count). The fourth-order valence-corrected chi connectivity index (χ4v) is 2.95. The van der Waals surface area contributed by atoms with Gasteiger partial charge in [0.2, 0.25) is 0 Å². The third kappa shape index (κ3) is 2.17. The number of rotatable bonds is 1. The topological polar surface area (TPSA) is 60.5 Å². The van der Waals surface area contributed by atoms with Gasteiger partial charge in [0.05, 0.1) is 22.2 Å². The summed E-state index contributed by atoms with van der Waals surface area (Å²) in [5.41, 5.74) is 4.57. The summed E-state index contributed by atoms with van der Waals surface area (Å²) in [7, 11) is 0. The molecule has 0 aliphatic heterocycles. The van der Waals surface area contributed by atoms with Crippen LogP contribution >= 0.6 is 0 Å². The first-order valence-corrected chi connectivity index (χ1v) is 7.53. The van der Waals surface area contributed by atoms with E-state index in [1.807, 2.05) is 48.5 Å². The van der Waals surface area contributed by atoms with Gasteiger partial charge in [0, 0.05) is 10.8 Å². The van der Waals surface area contributed by atoms with Gasteiger partial charge in [-0.25, -0.2) is 4.98 Å². The highest BCUT2D eigenvalue weighted by molar-refractivity contribution is 6.01. The number of aromatic nitrogens is 1. The van der Waals surface area contributed by atoms with Gasteiger partial charge < -0.3 is 0 Å². The lowest BCUT2D eigenvalue weighted by Crippen LogP contribution is -1.89. The molecule has 0 saturated carbocycles. The average molecular weight is 305 g/mol. The number of fused-ring (bicyclic) bond motifs is 2. The molecule has 0 bridgehead atoms. The number of para-hydroxylation sites is 1. The van der Waals surface area contributed by atoms with Crippen LogP contribution in [0.1, 0.15) is 11.1 Å². The van der Waals surface area contributed by atoms with Gasteiger partial charge >= 0.3 is 0 Å². The van der Waals surface area contributed by atoms with Crippen LogP contribution in [0, 0.1) is 22.7 Å². The highest BCUT2D eigenvalue weighted by atomic mass is 14.7. The van der Waals surface area contributed by atoms with Gasteiger partial charge in [0.15, 0.2) is 0 Å². The minimum Gasteiger partial charge on any atom is -0.248 e. The Morgan fingerprint density at radius 1 is 0.708 bits per heavy atom. The number of benzene rings is 3. The highest BCUT2D eigenvalue weighted by Crippen LogP contribution is 2.31. The van der Waals surface area contributed by atoms with E-state index in [1.54, 1.807) is 12.1 Å². The smallest absolute Gasteiger partial charge is 0.101 e. The van der Waals surface area contributed by atoms with E-state index in [0.29, 0.717) is 11.1 Å². The Morgan fingerprint density at radius 3 is 2.33 bits per heavy atom. The fraction of sp³-hybridized carbons (Fsp3) is 0. The summed E-state index contributed by atoms with van der Waals surface area (Å²) in [4.78, 5) is 4.72. The Kier molecular flexibility index (Phi) is 3.19. The molecule has 24 heavy (non-hydrogen) atoms. The van der Waals surface area contributed by atoms with Crippen molar-refractivity contribution in [1.82, 2.24) is 4.98 Å². The van der Waals surface area contributed by atoms with Crippen molar-refractivity contribution in [1.29, 1.82) is 10.5 Å². The molecular formula is C21H11N3. The Morgan fingerprint density at radius 2 is 1.50 bits per heavy atom. The molecule has 0 aliphatic carbocycles. The fourth-order valence-electron chi connectivity index (χ4n) is 2.95. The summed E-state index contributed by atoms with van der Waals surface area (Å²) in [6, 6.07) is 25.6.